The van der Waals surface area contributed by atoms with Gasteiger partial charge in [0.2, 0.25) is 0 Å². The molecule has 2 nitrogen and oxygen atoms in total. The highest BCUT2D eigenvalue weighted by Gasteiger charge is 2.57. The van der Waals surface area contributed by atoms with Crippen molar-refractivity contribution >= 4 is 5.78 Å². The van der Waals surface area contributed by atoms with Crippen LogP contribution in [-0.4, -0.2) is 18.3 Å². The molecule has 0 N–H and O–H groups in total. The van der Waals surface area contributed by atoms with Crippen molar-refractivity contribution in [3.63, 3.8) is 0 Å². The zero-order chi connectivity index (χ0) is 11.8. The molecular weight excluding hydrogens is 214 g/mol. The topological polar surface area (TPSA) is 26.3 Å². The fourth-order valence-electron chi connectivity index (χ4n) is 1.43. The number of rotatable bonds is 4. The molecule has 0 heterocycles. The van der Waals surface area contributed by atoms with Gasteiger partial charge in [0.25, 0.3) is 5.92 Å². The summed E-state index contributed by atoms with van der Waals surface area (Å²) in [6.07, 6.45) is -0.0848. The summed E-state index contributed by atoms with van der Waals surface area (Å²) >= 11 is 0. The highest BCUT2D eigenvalue weighted by Crippen LogP contribution is 2.48. The first-order valence-corrected chi connectivity index (χ1v) is 5.10. The van der Waals surface area contributed by atoms with Crippen molar-refractivity contribution in [2.75, 3.05) is 6.61 Å². The molecule has 16 heavy (non-hydrogen) atoms. The van der Waals surface area contributed by atoms with Crippen molar-refractivity contribution < 1.29 is 18.3 Å². The lowest BCUT2D eigenvalue weighted by Gasteiger charge is -2.05. The van der Waals surface area contributed by atoms with E-state index in [1.165, 1.54) is 6.92 Å². The van der Waals surface area contributed by atoms with Crippen molar-refractivity contribution in [2.24, 2.45) is 5.92 Å². The quantitative estimate of drug-likeness (QED) is 0.738. The van der Waals surface area contributed by atoms with Crippen molar-refractivity contribution in [3.05, 3.63) is 29.8 Å². The molecule has 1 atom stereocenters. The second-order valence-electron chi connectivity index (χ2n) is 4.05. The van der Waals surface area contributed by atoms with E-state index in [0.717, 1.165) is 0 Å². The summed E-state index contributed by atoms with van der Waals surface area (Å²) in [4.78, 5) is 11.0. The molecule has 0 saturated heterocycles. The van der Waals surface area contributed by atoms with E-state index in [9.17, 15) is 13.6 Å². The molecular formula is C12H12F2O2. The van der Waals surface area contributed by atoms with Crippen LogP contribution in [0, 0.1) is 5.92 Å². The molecule has 0 bridgehead atoms. The third-order valence-electron chi connectivity index (χ3n) is 2.67. The van der Waals surface area contributed by atoms with Crippen LogP contribution < -0.4 is 4.74 Å². The van der Waals surface area contributed by atoms with E-state index in [1.807, 2.05) is 0 Å². The van der Waals surface area contributed by atoms with E-state index in [2.05, 4.69) is 0 Å². The van der Waals surface area contributed by atoms with Crippen LogP contribution in [0.4, 0.5) is 8.78 Å². The molecule has 0 radical (unpaired) electrons. The van der Waals surface area contributed by atoms with Crippen LogP contribution in [-0.2, 0) is 0 Å². The number of hydrogen-bond acceptors (Lipinski definition) is 2. The van der Waals surface area contributed by atoms with E-state index in [1.54, 1.807) is 24.3 Å². The molecule has 1 aromatic carbocycles. The Hall–Kier alpha value is -1.45. The molecule has 1 aromatic rings. The van der Waals surface area contributed by atoms with Crippen LogP contribution in [0.25, 0.3) is 0 Å². The van der Waals surface area contributed by atoms with Crippen LogP contribution in [0.15, 0.2) is 24.3 Å². The number of carbonyl (C=O) groups excluding carboxylic acids is 1. The molecule has 0 amide bonds. The predicted octanol–water partition coefficient (Wildman–Crippen LogP) is 2.92. The Kier molecular flexibility index (Phi) is 2.66. The standard InChI is InChI=1S/C12H12F2O2/c1-8(15)9-2-4-11(5-3-9)16-7-10-6-12(10,13)14/h2-5,10H,6-7H2,1H3/t10-/m1/s1. The van der Waals surface area contributed by atoms with E-state index in [4.69, 9.17) is 4.74 Å². The molecule has 86 valence electrons. The Morgan fingerprint density at radius 2 is 2.00 bits per heavy atom. The normalized spacial score (nSPS) is 21.6. The second-order valence-corrected chi connectivity index (χ2v) is 4.05. The lowest BCUT2D eigenvalue weighted by molar-refractivity contribution is 0.0856. The maximum absolute atomic E-state index is 12.5. The average Bonchev–Trinajstić information content (AvgIpc) is 2.84. The molecule has 1 aliphatic carbocycles. The lowest BCUT2D eigenvalue weighted by Crippen LogP contribution is -2.05. The smallest absolute Gasteiger partial charge is 0.255 e. The van der Waals surface area contributed by atoms with Gasteiger partial charge in [-0.05, 0) is 31.2 Å². The monoisotopic (exact) mass is 226 g/mol. The van der Waals surface area contributed by atoms with Crippen LogP contribution >= 0.6 is 0 Å². The number of benzene rings is 1. The summed E-state index contributed by atoms with van der Waals surface area (Å²) < 4.78 is 30.3. The number of ether oxygens (including phenoxy) is 1. The van der Waals surface area contributed by atoms with E-state index in [-0.39, 0.29) is 18.8 Å². The fourth-order valence-corrected chi connectivity index (χ4v) is 1.43. The summed E-state index contributed by atoms with van der Waals surface area (Å²) in [6, 6.07) is 6.50. The van der Waals surface area contributed by atoms with Gasteiger partial charge in [-0.2, -0.15) is 0 Å². The SMILES string of the molecule is CC(=O)c1ccc(OC[C@H]2CC2(F)F)cc1. The molecule has 1 aliphatic rings. The summed E-state index contributed by atoms with van der Waals surface area (Å²) in [7, 11) is 0. The third-order valence-corrected chi connectivity index (χ3v) is 2.67. The minimum absolute atomic E-state index is 0.0275. The Labute approximate surface area is 92.2 Å². The first-order chi connectivity index (χ1) is 7.49. The minimum Gasteiger partial charge on any atom is -0.493 e. The molecule has 0 aromatic heterocycles. The maximum Gasteiger partial charge on any atom is 0.255 e. The summed E-state index contributed by atoms with van der Waals surface area (Å²) in [5, 5.41) is 0. The van der Waals surface area contributed by atoms with Gasteiger partial charge < -0.3 is 4.74 Å². The van der Waals surface area contributed by atoms with Crippen molar-refractivity contribution in [1.82, 2.24) is 0 Å². The first-order valence-electron chi connectivity index (χ1n) is 5.10. The minimum atomic E-state index is -2.54. The van der Waals surface area contributed by atoms with Crippen molar-refractivity contribution in [1.29, 1.82) is 0 Å². The van der Waals surface area contributed by atoms with Crippen LogP contribution in [0.3, 0.4) is 0 Å². The third kappa shape index (κ3) is 2.38. The molecule has 0 unspecified atom stereocenters. The van der Waals surface area contributed by atoms with E-state index >= 15 is 0 Å². The Morgan fingerprint density at radius 3 is 2.44 bits per heavy atom. The highest BCUT2D eigenvalue weighted by atomic mass is 19.3. The van der Waals surface area contributed by atoms with Gasteiger partial charge in [-0.1, -0.05) is 0 Å². The number of carbonyl (C=O) groups is 1. The number of ketones is 1. The molecule has 4 heteroatoms. The summed E-state index contributed by atoms with van der Waals surface area (Å²) in [6.45, 7) is 1.51. The van der Waals surface area contributed by atoms with Crippen LogP contribution in [0.5, 0.6) is 5.75 Å². The van der Waals surface area contributed by atoms with Gasteiger partial charge in [-0.3, -0.25) is 4.79 Å². The van der Waals surface area contributed by atoms with Crippen LogP contribution in [0.2, 0.25) is 0 Å². The van der Waals surface area contributed by atoms with Gasteiger partial charge >= 0.3 is 0 Å². The maximum atomic E-state index is 12.5. The van der Waals surface area contributed by atoms with Crippen LogP contribution in [0.1, 0.15) is 23.7 Å². The molecule has 1 saturated carbocycles. The largest absolute Gasteiger partial charge is 0.493 e. The van der Waals surface area contributed by atoms with E-state index < -0.39 is 11.8 Å². The fraction of sp³-hybridized carbons (Fsp3) is 0.417. The van der Waals surface area contributed by atoms with E-state index in [0.29, 0.717) is 11.3 Å². The second kappa shape index (κ2) is 3.85. The number of hydrogen-bond donors (Lipinski definition) is 0. The molecule has 0 spiro atoms. The highest BCUT2D eigenvalue weighted by molar-refractivity contribution is 5.94. The van der Waals surface area contributed by atoms with Gasteiger partial charge in [0.05, 0.1) is 12.5 Å². The Morgan fingerprint density at radius 1 is 1.44 bits per heavy atom. The number of halogens is 2. The van der Waals surface area contributed by atoms with Crippen molar-refractivity contribution in [3.8, 4) is 5.75 Å². The molecule has 1 fully saturated rings. The van der Waals surface area contributed by atoms with Gasteiger partial charge in [-0.15, -0.1) is 0 Å². The average molecular weight is 226 g/mol. The predicted molar refractivity (Wildman–Crippen MR) is 55.0 cm³/mol. The Bertz CT molecular complexity index is 398. The zero-order valence-electron chi connectivity index (χ0n) is 8.87. The first kappa shape index (κ1) is 11.0. The molecule has 0 aliphatic heterocycles. The summed E-state index contributed by atoms with van der Waals surface area (Å²) in [5.74, 6) is -2.70. The lowest BCUT2D eigenvalue weighted by atomic mass is 10.1. The van der Waals surface area contributed by atoms with Gasteiger partial charge in [0.1, 0.15) is 5.75 Å². The molecule has 2 rings (SSSR count). The zero-order valence-corrected chi connectivity index (χ0v) is 8.87. The number of alkyl halides is 2. The summed E-state index contributed by atoms with van der Waals surface area (Å²) in [5.41, 5.74) is 0.587. The van der Waals surface area contributed by atoms with Gasteiger partial charge in [0.15, 0.2) is 5.78 Å². The van der Waals surface area contributed by atoms with Crippen molar-refractivity contribution in [2.45, 2.75) is 19.3 Å². The van der Waals surface area contributed by atoms with Gasteiger partial charge in [-0.25, -0.2) is 8.78 Å². The Balaban J connectivity index is 1.88. The number of Topliss-reactive ketones (excluding diaryl/α,β-unsaturated/α-hetero) is 1. The van der Waals surface area contributed by atoms with Gasteiger partial charge in [0, 0.05) is 12.0 Å².